The molecule has 0 N–H and O–H groups in total. The molecule has 2 rings (SSSR count). The first kappa shape index (κ1) is 11.5. The zero-order chi connectivity index (χ0) is 11.4. The van der Waals surface area contributed by atoms with E-state index in [0.717, 1.165) is 15.4 Å². The molecule has 1 heterocycles. The molecule has 0 bridgehead atoms. The summed E-state index contributed by atoms with van der Waals surface area (Å²) in [6.07, 6.45) is 3.46. The van der Waals surface area contributed by atoms with Crippen LogP contribution in [-0.2, 0) is 5.33 Å². The first-order valence-corrected chi connectivity index (χ1v) is 6.50. The third kappa shape index (κ3) is 2.80. The van der Waals surface area contributed by atoms with Crippen LogP contribution in [0.1, 0.15) is 5.56 Å². The molecule has 5 heteroatoms. The molecule has 3 nitrogen and oxygen atoms in total. The Bertz CT molecular complexity index is 474. The van der Waals surface area contributed by atoms with Crippen molar-refractivity contribution >= 4 is 31.9 Å². The van der Waals surface area contributed by atoms with Crippen LogP contribution in [0.4, 0.5) is 0 Å². The van der Waals surface area contributed by atoms with E-state index >= 15 is 0 Å². The van der Waals surface area contributed by atoms with Gasteiger partial charge in [0.05, 0.1) is 4.47 Å². The molecule has 0 aliphatic rings. The van der Waals surface area contributed by atoms with Gasteiger partial charge in [-0.05, 0) is 33.6 Å². The quantitative estimate of drug-likeness (QED) is 0.792. The highest BCUT2D eigenvalue weighted by Crippen LogP contribution is 2.27. The second-order valence-corrected chi connectivity index (χ2v) is 4.46. The van der Waals surface area contributed by atoms with Gasteiger partial charge in [-0.3, -0.25) is 0 Å². The van der Waals surface area contributed by atoms with Crippen molar-refractivity contribution < 1.29 is 4.74 Å². The predicted molar refractivity (Wildman–Crippen MR) is 68.9 cm³/mol. The molecule has 0 atom stereocenters. The fourth-order valence-corrected chi connectivity index (χ4v) is 1.75. The molecule has 0 unspecified atom stereocenters. The van der Waals surface area contributed by atoms with E-state index in [1.807, 2.05) is 24.3 Å². The topological polar surface area (TPSA) is 35.0 Å². The Hall–Kier alpha value is -0.940. The molecular weight excluding hydrogens is 336 g/mol. The summed E-state index contributed by atoms with van der Waals surface area (Å²) < 4.78 is 6.40. The number of para-hydroxylation sites is 1. The molecule has 0 amide bonds. The van der Waals surface area contributed by atoms with Gasteiger partial charge in [0.15, 0.2) is 0 Å². The lowest BCUT2D eigenvalue weighted by atomic mass is 10.3. The van der Waals surface area contributed by atoms with Crippen LogP contribution < -0.4 is 4.74 Å². The first-order valence-electron chi connectivity index (χ1n) is 4.59. The predicted octanol–water partition coefficient (Wildman–Crippen LogP) is 3.93. The molecule has 0 fully saturated rings. The van der Waals surface area contributed by atoms with E-state index < -0.39 is 0 Å². The van der Waals surface area contributed by atoms with Gasteiger partial charge in [0.25, 0.3) is 0 Å². The highest BCUT2D eigenvalue weighted by molar-refractivity contribution is 9.10. The van der Waals surface area contributed by atoms with E-state index in [1.165, 1.54) is 0 Å². The molecule has 0 aliphatic carbocycles. The molecule has 0 spiro atoms. The van der Waals surface area contributed by atoms with E-state index in [-0.39, 0.29) is 0 Å². The number of halogens is 2. The summed E-state index contributed by atoms with van der Waals surface area (Å²) in [6, 6.07) is 7.92. The lowest BCUT2D eigenvalue weighted by molar-refractivity contribution is 0.438. The summed E-state index contributed by atoms with van der Waals surface area (Å²) in [6.45, 7) is 0. The molecular formula is C11H8Br2N2O. The van der Waals surface area contributed by atoms with Gasteiger partial charge < -0.3 is 4.74 Å². The number of rotatable bonds is 3. The smallest absolute Gasteiger partial charge is 0.321 e. The Kier molecular flexibility index (Phi) is 3.90. The summed E-state index contributed by atoms with van der Waals surface area (Å²) in [7, 11) is 0. The monoisotopic (exact) mass is 342 g/mol. The lowest BCUT2D eigenvalue weighted by Crippen LogP contribution is -1.93. The van der Waals surface area contributed by atoms with Gasteiger partial charge in [0, 0.05) is 17.7 Å². The Labute approximate surface area is 110 Å². The molecule has 0 saturated heterocycles. The fourth-order valence-electron chi connectivity index (χ4n) is 1.09. The zero-order valence-electron chi connectivity index (χ0n) is 8.23. The second-order valence-electron chi connectivity index (χ2n) is 3.04. The van der Waals surface area contributed by atoms with Crippen LogP contribution in [0.15, 0.2) is 41.1 Å². The van der Waals surface area contributed by atoms with Gasteiger partial charge in [-0.25, -0.2) is 9.97 Å². The van der Waals surface area contributed by atoms with Crippen LogP contribution in [0, 0.1) is 0 Å². The van der Waals surface area contributed by atoms with Crippen molar-refractivity contribution in [3.05, 3.63) is 46.7 Å². The summed E-state index contributed by atoms with van der Waals surface area (Å²) in [4.78, 5) is 8.20. The molecule has 0 radical (unpaired) electrons. The number of nitrogens with zero attached hydrogens (tertiary/aromatic N) is 2. The third-order valence-corrected chi connectivity index (χ3v) is 3.18. The van der Waals surface area contributed by atoms with Crippen molar-refractivity contribution in [2.45, 2.75) is 5.33 Å². The minimum Gasteiger partial charge on any atom is -0.423 e. The van der Waals surface area contributed by atoms with Crippen molar-refractivity contribution in [2.24, 2.45) is 0 Å². The Balaban J connectivity index is 2.18. The number of hydrogen-bond acceptors (Lipinski definition) is 3. The second kappa shape index (κ2) is 5.41. The number of hydrogen-bond donors (Lipinski definition) is 0. The minimum absolute atomic E-state index is 0.344. The van der Waals surface area contributed by atoms with Crippen molar-refractivity contribution in [1.29, 1.82) is 0 Å². The number of ether oxygens (including phenoxy) is 1. The van der Waals surface area contributed by atoms with Crippen molar-refractivity contribution in [2.75, 3.05) is 0 Å². The zero-order valence-corrected chi connectivity index (χ0v) is 11.4. The maximum atomic E-state index is 5.52. The van der Waals surface area contributed by atoms with Gasteiger partial charge in [-0.15, -0.1) is 0 Å². The van der Waals surface area contributed by atoms with Crippen molar-refractivity contribution in [1.82, 2.24) is 9.97 Å². The molecule has 82 valence electrons. The number of aromatic nitrogens is 2. The Morgan fingerprint density at radius 2 is 1.81 bits per heavy atom. The first-order chi connectivity index (χ1) is 7.79. The van der Waals surface area contributed by atoms with Crippen LogP contribution in [0.25, 0.3) is 0 Å². The Morgan fingerprint density at radius 3 is 2.44 bits per heavy atom. The highest BCUT2D eigenvalue weighted by Gasteiger charge is 2.03. The highest BCUT2D eigenvalue weighted by atomic mass is 79.9. The average molecular weight is 344 g/mol. The van der Waals surface area contributed by atoms with Gasteiger partial charge in [0.1, 0.15) is 5.75 Å². The van der Waals surface area contributed by atoms with Crippen LogP contribution in [-0.4, -0.2) is 9.97 Å². The summed E-state index contributed by atoms with van der Waals surface area (Å²) >= 11 is 6.73. The number of benzene rings is 1. The third-order valence-electron chi connectivity index (χ3n) is 1.87. The lowest BCUT2D eigenvalue weighted by Gasteiger charge is -2.05. The normalized spacial score (nSPS) is 10.1. The maximum Gasteiger partial charge on any atom is 0.321 e. The van der Waals surface area contributed by atoms with Gasteiger partial charge in [-0.1, -0.05) is 28.1 Å². The van der Waals surface area contributed by atoms with E-state index in [1.54, 1.807) is 12.4 Å². The summed E-state index contributed by atoms with van der Waals surface area (Å²) in [5, 5.41) is 0.738. The largest absolute Gasteiger partial charge is 0.423 e. The Morgan fingerprint density at radius 1 is 1.12 bits per heavy atom. The maximum absolute atomic E-state index is 5.52. The van der Waals surface area contributed by atoms with Gasteiger partial charge in [-0.2, -0.15) is 0 Å². The van der Waals surface area contributed by atoms with Gasteiger partial charge in [0.2, 0.25) is 0 Å². The van der Waals surface area contributed by atoms with Crippen LogP contribution in [0.5, 0.6) is 11.8 Å². The number of alkyl halides is 1. The van der Waals surface area contributed by atoms with Crippen molar-refractivity contribution in [3.63, 3.8) is 0 Å². The summed E-state index contributed by atoms with van der Waals surface area (Å²) in [5.74, 6) is 0.703. The van der Waals surface area contributed by atoms with E-state index in [4.69, 9.17) is 4.74 Å². The molecule has 0 aliphatic heterocycles. The van der Waals surface area contributed by atoms with Crippen LogP contribution in [0.3, 0.4) is 0 Å². The van der Waals surface area contributed by atoms with E-state index in [9.17, 15) is 0 Å². The van der Waals surface area contributed by atoms with Crippen LogP contribution in [0.2, 0.25) is 0 Å². The SMILES string of the molecule is BrCc1cnc(Oc2ccccc2Br)nc1. The molecule has 2 aromatic rings. The van der Waals surface area contributed by atoms with E-state index in [0.29, 0.717) is 11.8 Å². The average Bonchev–Trinajstić information content (AvgIpc) is 2.33. The van der Waals surface area contributed by atoms with Crippen LogP contribution >= 0.6 is 31.9 Å². The van der Waals surface area contributed by atoms with Crippen molar-refractivity contribution in [3.8, 4) is 11.8 Å². The fraction of sp³-hybridized carbons (Fsp3) is 0.0909. The summed E-state index contributed by atoms with van der Waals surface area (Å²) in [5.41, 5.74) is 1.01. The minimum atomic E-state index is 0.344. The van der Waals surface area contributed by atoms with Gasteiger partial charge >= 0.3 is 6.01 Å². The standard InChI is InChI=1S/C11H8Br2N2O/c12-5-8-6-14-11(15-7-8)16-10-4-2-1-3-9(10)13/h1-4,6-7H,5H2. The molecule has 0 saturated carbocycles. The molecule has 1 aromatic carbocycles. The van der Waals surface area contributed by atoms with E-state index in [2.05, 4.69) is 41.8 Å². The molecule has 16 heavy (non-hydrogen) atoms. The molecule has 1 aromatic heterocycles.